The molecular weight excluding hydrogens is 357 g/mol. The summed E-state index contributed by atoms with van der Waals surface area (Å²) < 4.78 is 13.7. The number of fused-ring (bicyclic) bond motifs is 3. The number of amides is 1. The molecule has 140 valence electrons. The molecule has 0 spiro atoms. The molecule has 1 aromatic carbocycles. The molecule has 0 heterocycles. The van der Waals surface area contributed by atoms with Crippen LogP contribution in [0, 0.1) is 23.6 Å². The summed E-state index contributed by atoms with van der Waals surface area (Å²) in [5, 5.41) is 31.0. The number of hydrogen-bond donors (Lipinski definition) is 4. The number of ketones is 2. The standard InChI is InChI=1S/C19H16FNO6/c20-9-2-1-6-3-7-4-8-5-10(22)14(19(21)27)18(26)13(8)17(25)12(7)16(24)11(6)15(9)23/h1-2,7-8,13,23-24,26H,3-5H2,(H2,21,27). The van der Waals surface area contributed by atoms with Gasteiger partial charge in [-0.1, -0.05) is 6.07 Å². The average Bonchev–Trinajstić information content (AvgIpc) is 2.57. The van der Waals surface area contributed by atoms with Crippen LogP contribution in [0.4, 0.5) is 4.39 Å². The van der Waals surface area contributed by atoms with Gasteiger partial charge in [-0.25, -0.2) is 4.39 Å². The Kier molecular flexibility index (Phi) is 3.62. The lowest BCUT2D eigenvalue weighted by Crippen LogP contribution is -2.44. The summed E-state index contributed by atoms with van der Waals surface area (Å²) in [5.74, 6) is -7.39. The topological polar surface area (TPSA) is 138 Å². The van der Waals surface area contributed by atoms with Crippen molar-refractivity contribution in [2.24, 2.45) is 23.5 Å². The number of primary amides is 1. The Balaban J connectivity index is 1.88. The third-order valence-electron chi connectivity index (χ3n) is 5.71. The minimum atomic E-state index is -1.17. The number of phenols is 1. The fourth-order valence-electron chi connectivity index (χ4n) is 4.59. The van der Waals surface area contributed by atoms with E-state index in [1.54, 1.807) is 0 Å². The molecule has 0 bridgehead atoms. The highest BCUT2D eigenvalue weighted by molar-refractivity contribution is 6.21. The van der Waals surface area contributed by atoms with Crippen LogP contribution >= 0.6 is 0 Å². The highest BCUT2D eigenvalue weighted by Crippen LogP contribution is 2.50. The van der Waals surface area contributed by atoms with Crippen molar-refractivity contribution in [3.05, 3.63) is 46.0 Å². The largest absolute Gasteiger partial charge is 0.511 e. The quantitative estimate of drug-likeness (QED) is 0.550. The molecule has 0 saturated heterocycles. The molecule has 3 unspecified atom stereocenters. The first-order valence-electron chi connectivity index (χ1n) is 8.46. The highest BCUT2D eigenvalue weighted by atomic mass is 19.1. The number of aliphatic hydroxyl groups is 2. The van der Waals surface area contributed by atoms with Gasteiger partial charge in [0.2, 0.25) is 0 Å². The van der Waals surface area contributed by atoms with Gasteiger partial charge in [-0.3, -0.25) is 14.4 Å². The molecule has 3 aliphatic carbocycles. The van der Waals surface area contributed by atoms with Crippen molar-refractivity contribution in [2.45, 2.75) is 19.3 Å². The fraction of sp³-hybridized carbons (Fsp3) is 0.316. The van der Waals surface area contributed by atoms with Crippen molar-refractivity contribution in [2.75, 3.05) is 0 Å². The Hall–Kier alpha value is -3.16. The Morgan fingerprint density at radius 3 is 2.52 bits per heavy atom. The molecule has 8 heteroatoms. The SMILES string of the molecule is NC(=O)C1=C(O)C2C(=O)C3=C(O)c4c(ccc(F)c4O)CC3CC2CC1=O. The van der Waals surface area contributed by atoms with Crippen LogP contribution in [0.15, 0.2) is 29.0 Å². The number of rotatable bonds is 1. The van der Waals surface area contributed by atoms with Gasteiger partial charge in [0.05, 0.1) is 11.5 Å². The molecule has 3 aliphatic rings. The summed E-state index contributed by atoms with van der Waals surface area (Å²) >= 11 is 0. The normalized spacial score (nSPS) is 27.2. The molecule has 0 aromatic heterocycles. The number of carbonyl (C=O) groups is 3. The lowest BCUT2D eigenvalue weighted by Gasteiger charge is -2.41. The van der Waals surface area contributed by atoms with Crippen molar-refractivity contribution in [1.29, 1.82) is 0 Å². The van der Waals surface area contributed by atoms with E-state index in [2.05, 4.69) is 0 Å². The van der Waals surface area contributed by atoms with E-state index >= 15 is 0 Å². The van der Waals surface area contributed by atoms with Gasteiger partial charge >= 0.3 is 0 Å². The number of phenolic OH excluding ortho intramolecular Hbond substituents is 1. The summed E-state index contributed by atoms with van der Waals surface area (Å²) in [6.45, 7) is 0. The second-order valence-electron chi connectivity index (χ2n) is 7.18. The van der Waals surface area contributed by atoms with Crippen molar-refractivity contribution in [3.63, 3.8) is 0 Å². The Labute approximate surface area is 152 Å². The van der Waals surface area contributed by atoms with E-state index in [-0.39, 0.29) is 24.0 Å². The maximum Gasteiger partial charge on any atom is 0.255 e. The summed E-state index contributed by atoms with van der Waals surface area (Å²) in [7, 11) is 0. The van der Waals surface area contributed by atoms with Crippen LogP contribution in [0.2, 0.25) is 0 Å². The number of nitrogens with two attached hydrogens (primary N) is 1. The second kappa shape index (κ2) is 5.67. The van der Waals surface area contributed by atoms with Crippen molar-refractivity contribution in [1.82, 2.24) is 0 Å². The lowest BCUT2D eigenvalue weighted by atomic mass is 9.61. The minimum Gasteiger partial charge on any atom is -0.511 e. The van der Waals surface area contributed by atoms with E-state index < -0.39 is 63.9 Å². The number of allylic oxidation sites excluding steroid dienone is 2. The van der Waals surface area contributed by atoms with Gasteiger partial charge in [0.25, 0.3) is 5.91 Å². The van der Waals surface area contributed by atoms with E-state index in [4.69, 9.17) is 5.73 Å². The number of benzene rings is 1. The molecule has 1 saturated carbocycles. The fourth-order valence-corrected chi connectivity index (χ4v) is 4.59. The maximum absolute atomic E-state index is 13.7. The number of hydrogen-bond acceptors (Lipinski definition) is 6. The molecule has 1 amide bonds. The van der Waals surface area contributed by atoms with E-state index in [0.29, 0.717) is 12.0 Å². The average molecular weight is 373 g/mol. The van der Waals surface area contributed by atoms with E-state index in [1.165, 1.54) is 6.07 Å². The molecule has 5 N–H and O–H groups in total. The van der Waals surface area contributed by atoms with Crippen LogP contribution in [0.3, 0.4) is 0 Å². The molecule has 1 fully saturated rings. The molecule has 27 heavy (non-hydrogen) atoms. The smallest absolute Gasteiger partial charge is 0.255 e. The monoisotopic (exact) mass is 373 g/mol. The van der Waals surface area contributed by atoms with Crippen LogP contribution in [0.25, 0.3) is 5.76 Å². The molecule has 4 rings (SSSR count). The van der Waals surface area contributed by atoms with Crippen LogP contribution in [-0.2, 0) is 20.8 Å². The van der Waals surface area contributed by atoms with Crippen LogP contribution in [0.1, 0.15) is 24.0 Å². The van der Waals surface area contributed by atoms with Gasteiger partial charge < -0.3 is 21.1 Å². The first kappa shape index (κ1) is 17.3. The first-order valence-corrected chi connectivity index (χ1v) is 8.46. The third-order valence-corrected chi connectivity index (χ3v) is 5.71. The Bertz CT molecular complexity index is 992. The maximum atomic E-state index is 13.7. The predicted octanol–water partition coefficient (Wildman–Crippen LogP) is 1.45. The number of aromatic hydroxyl groups is 1. The van der Waals surface area contributed by atoms with E-state index in [9.17, 15) is 34.1 Å². The van der Waals surface area contributed by atoms with Crippen molar-refractivity contribution >= 4 is 23.2 Å². The van der Waals surface area contributed by atoms with Gasteiger partial charge in [-0.15, -0.1) is 0 Å². The Morgan fingerprint density at radius 1 is 1.15 bits per heavy atom. The zero-order valence-electron chi connectivity index (χ0n) is 14.0. The van der Waals surface area contributed by atoms with Crippen LogP contribution in [0.5, 0.6) is 5.75 Å². The van der Waals surface area contributed by atoms with Crippen LogP contribution < -0.4 is 5.73 Å². The van der Waals surface area contributed by atoms with Crippen molar-refractivity contribution in [3.8, 4) is 5.75 Å². The van der Waals surface area contributed by atoms with Crippen LogP contribution in [-0.4, -0.2) is 32.8 Å². The van der Waals surface area contributed by atoms with Gasteiger partial charge in [0.15, 0.2) is 23.1 Å². The number of carbonyl (C=O) groups excluding carboxylic acids is 3. The summed E-state index contributed by atoms with van der Waals surface area (Å²) in [6.07, 6.45) is 0.485. The highest BCUT2D eigenvalue weighted by Gasteiger charge is 2.50. The molecule has 7 nitrogen and oxygen atoms in total. The van der Waals surface area contributed by atoms with Gasteiger partial charge in [0, 0.05) is 12.0 Å². The first-order chi connectivity index (χ1) is 12.7. The summed E-state index contributed by atoms with van der Waals surface area (Å²) in [6, 6.07) is 2.51. The molecule has 0 aliphatic heterocycles. The predicted molar refractivity (Wildman–Crippen MR) is 89.9 cm³/mol. The van der Waals surface area contributed by atoms with Gasteiger partial charge in [-0.2, -0.15) is 0 Å². The zero-order valence-corrected chi connectivity index (χ0v) is 14.0. The summed E-state index contributed by atoms with van der Waals surface area (Å²) in [5.41, 5.74) is 4.88. The summed E-state index contributed by atoms with van der Waals surface area (Å²) in [4.78, 5) is 36.7. The number of halogens is 1. The van der Waals surface area contributed by atoms with Crippen molar-refractivity contribution < 1.29 is 34.1 Å². The molecular formula is C19H16FNO6. The molecule has 1 aromatic rings. The van der Waals surface area contributed by atoms with E-state index in [0.717, 1.165) is 6.07 Å². The number of Topliss-reactive ketones (excluding diaryl/α,β-unsaturated/α-hetero) is 2. The van der Waals surface area contributed by atoms with E-state index in [1.807, 2.05) is 0 Å². The number of aliphatic hydroxyl groups excluding tert-OH is 2. The minimum absolute atomic E-state index is 0.0330. The lowest BCUT2D eigenvalue weighted by molar-refractivity contribution is -0.127. The third kappa shape index (κ3) is 2.29. The molecule has 3 atom stereocenters. The van der Waals surface area contributed by atoms with Gasteiger partial charge in [-0.05, 0) is 36.3 Å². The second-order valence-corrected chi connectivity index (χ2v) is 7.18. The molecule has 0 radical (unpaired) electrons. The van der Waals surface area contributed by atoms with Gasteiger partial charge in [0.1, 0.15) is 17.1 Å². The Morgan fingerprint density at radius 2 is 1.85 bits per heavy atom. The zero-order chi connectivity index (χ0) is 19.6.